The lowest BCUT2D eigenvalue weighted by atomic mass is 9.75. The summed E-state index contributed by atoms with van der Waals surface area (Å²) in [5.74, 6) is -1.08. The molecule has 1 N–H and O–H groups in total. The normalized spacial score (nSPS) is 24.6. The number of anilines is 1. The van der Waals surface area contributed by atoms with Crippen molar-refractivity contribution in [1.29, 1.82) is 0 Å². The number of aromatic nitrogens is 2. The molecule has 41 heavy (non-hydrogen) atoms. The molecule has 2 saturated heterocycles. The Morgan fingerprint density at radius 2 is 1.49 bits per heavy atom. The van der Waals surface area contributed by atoms with Crippen molar-refractivity contribution >= 4 is 39.2 Å². The van der Waals surface area contributed by atoms with E-state index in [1.54, 1.807) is 10.6 Å². The minimum atomic E-state index is -1.13. The molecule has 2 amide bonds. The Morgan fingerprint density at radius 3 is 2.32 bits per heavy atom. The lowest BCUT2D eigenvalue weighted by Crippen LogP contribution is -2.50. The van der Waals surface area contributed by atoms with Crippen LogP contribution in [0.2, 0.25) is 0 Å². The zero-order valence-electron chi connectivity index (χ0n) is 22.7. The largest absolute Gasteiger partial charge is 0.297 e. The molecule has 1 spiro atoms. The first-order chi connectivity index (χ1) is 19.9. The molecule has 7 heteroatoms. The smallest absolute Gasteiger partial charge is 0.266 e. The van der Waals surface area contributed by atoms with E-state index in [9.17, 15) is 14.4 Å². The summed E-state index contributed by atoms with van der Waals surface area (Å²) in [6, 6.07) is 28.3. The van der Waals surface area contributed by atoms with E-state index in [1.165, 1.54) is 4.90 Å². The predicted molar refractivity (Wildman–Crippen MR) is 158 cm³/mol. The van der Waals surface area contributed by atoms with E-state index in [2.05, 4.69) is 19.2 Å². The third-order valence-electron chi connectivity index (χ3n) is 9.10. The van der Waals surface area contributed by atoms with Crippen molar-refractivity contribution in [3.63, 3.8) is 0 Å². The summed E-state index contributed by atoms with van der Waals surface area (Å²) in [5, 5.41) is 6.12. The van der Waals surface area contributed by atoms with Gasteiger partial charge in [-0.1, -0.05) is 80.6 Å². The van der Waals surface area contributed by atoms with Gasteiger partial charge in [-0.2, -0.15) is 0 Å². The quantitative estimate of drug-likeness (QED) is 0.329. The van der Waals surface area contributed by atoms with Crippen LogP contribution in [0, 0.1) is 17.8 Å². The van der Waals surface area contributed by atoms with E-state index in [-0.39, 0.29) is 29.3 Å². The predicted octanol–water partition coefficient (Wildman–Crippen LogP) is 4.92. The topological polar surface area (TPSA) is 84.3 Å². The van der Waals surface area contributed by atoms with E-state index < -0.39 is 17.4 Å². The molecule has 4 aromatic carbocycles. The summed E-state index contributed by atoms with van der Waals surface area (Å²) < 4.78 is 1.65. The van der Waals surface area contributed by atoms with Crippen molar-refractivity contribution in [1.82, 2.24) is 14.9 Å². The fourth-order valence-electron chi connectivity index (χ4n) is 7.57. The number of nitrogens with one attached hydrogen (secondary N) is 1. The van der Waals surface area contributed by atoms with Crippen LogP contribution in [-0.2, 0) is 15.1 Å². The van der Waals surface area contributed by atoms with Crippen LogP contribution in [0.15, 0.2) is 95.8 Å². The highest BCUT2D eigenvalue weighted by molar-refractivity contribution is 6.26. The third-order valence-corrected chi connectivity index (χ3v) is 9.10. The third kappa shape index (κ3) is 3.07. The van der Waals surface area contributed by atoms with Gasteiger partial charge in [-0.25, -0.2) is 9.88 Å². The van der Waals surface area contributed by atoms with Crippen LogP contribution in [-0.4, -0.2) is 27.4 Å². The number of imide groups is 1. The Balaban J connectivity index is 1.41. The van der Waals surface area contributed by atoms with E-state index in [4.69, 9.17) is 4.98 Å². The molecule has 0 radical (unpaired) electrons. The molecule has 0 aliphatic carbocycles. The summed E-state index contributed by atoms with van der Waals surface area (Å²) in [6.07, 6.45) is 0.700. The lowest BCUT2D eigenvalue weighted by Gasteiger charge is -2.32. The molecule has 0 saturated carbocycles. The standard InChI is InChI=1S/C34H28N4O3/c1-19(2)18-25-28-29(32(41)37(31(28)40)26-17-9-11-20-10-3-4-12-21(20)26)34(36-25)23-14-6-8-16-27(23)38-30(39)22-13-5-7-15-24(22)35-33(34)38/h3-17,19,25,28-29,36H,18H2,1-2H3/t25-,28+,29-,34-/m1/s1. The maximum atomic E-state index is 14.8. The Labute approximate surface area is 236 Å². The van der Waals surface area contributed by atoms with E-state index in [0.29, 0.717) is 34.5 Å². The maximum absolute atomic E-state index is 14.8. The first-order valence-corrected chi connectivity index (χ1v) is 14.2. The SMILES string of the molecule is CC(C)C[C@H]1N[C@]2(c3ccccc3-n3c2nc2ccccc2c3=O)[C@H]2C(=O)N(c3cccc4ccccc34)C(=O)[C@@H]12. The number of amides is 2. The van der Waals surface area contributed by atoms with Gasteiger partial charge in [0, 0.05) is 17.0 Å². The zero-order valence-corrected chi connectivity index (χ0v) is 22.7. The first-order valence-electron chi connectivity index (χ1n) is 14.2. The molecule has 4 heterocycles. The van der Waals surface area contributed by atoms with Gasteiger partial charge in [0.2, 0.25) is 11.8 Å². The van der Waals surface area contributed by atoms with Gasteiger partial charge in [-0.15, -0.1) is 0 Å². The second-order valence-electron chi connectivity index (χ2n) is 11.8. The lowest BCUT2D eigenvalue weighted by molar-refractivity contribution is -0.123. The van der Waals surface area contributed by atoms with Crippen LogP contribution < -0.4 is 15.8 Å². The zero-order chi connectivity index (χ0) is 28.0. The highest BCUT2D eigenvalue weighted by Crippen LogP contribution is 2.56. The van der Waals surface area contributed by atoms with E-state index in [1.807, 2.05) is 84.9 Å². The number of carbonyl (C=O) groups excluding carboxylic acids is 2. The monoisotopic (exact) mass is 540 g/mol. The van der Waals surface area contributed by atoms with Gasteiger partial charge < -0.3 is 0 Å². The number of nitrogens with zero attached hydrogens (tertiary/aromatic N) is 3. The van der Waals surface area contributed by atoms with Crippen molar-refractivity contribution in [3.05, 3.63) is 113 Å². The molecule has 2 fully saturated rings. The van der Waals surface area contributed by atoms with Crippen molar-refractivity contribution in [2.75, 3.05) is 4.90 Å². The molecule has 0 unspecified atom stereocenters. The van der Waals surface area contributed by atoms with Gasteiger partial charge in [0.25, 0.3) is 5.56 Å². The van der Waals surface area contributed by atoms with Gasteiger partial charge in [-0.3, -0.25) is 24.3 Å². The summed E-state index contributed by atoms with van der Waals surface area (Å²) >= 11 is 0. The average Bonchev–Trinajstić information content (AvgIpc) is 3.55. The molecular weight excluding hydrogens is 512 g/mol. The van der Waals surface area contributed by atoms with Crippen LogP contribution in [0.1, 0.15) is 31.7 Å². The van der Waals surface area contributed by atoms with Crippen LogP contribution in [0.3, 0.4) is 0 Å². The highest BCUT2D eigenvalue weighted by atomic mass is 16.2. The fraction of sp³-hybridized carbons (Fsp3) is 0.235. The average molecular weight is 541 g/mol. The number of rotatable bonds is 3. The second-order valence-corrected chi connectivity index (χ2v) is 11.8. The number of benzene rings is 4. The molecule has 7 nitrogen and oxygen atoms in total. The summed E-state index contributed by atoms with van der Waals surface area (Å²) in [5.41, 5.74) is 1.37. The van der Waals surface area contributed by atoms with E-state index >= 15 is 0 Å². The minimum Gasteiger partial charge on any atom is -0.297 e. The molecule has 202 valence electrons. The number of hydrogen-bond donors (Lipinski definition) is 1. The summed E-state index contributed by atoms with van der Waals surface area (Å²) in [4.78, 5) is 49.7. The van der Waals surface area contributed by atoms with E-state index in [0.717, 1.165) is 16.3 Å². The Morgan fingerprint density at radius 1 is 0.805 bits per heavy atom. The Bertz CT molecular complexity index is 1990. The van der Waals surface area contributed by atoms with Gasteiger partial charge in [0.15, 0.2) is 0 Å². The summed E-state index contributed by atoms with van der Waals surface area (Å²) in [6.45, 7) is 4.25. The highest BCUT2D eigenvalue weighted by Gasteiger charge is 2.69. The van der Waals surface area contributed by atoms with Crippen molar-refractivity contribution in [2.45, 2.75) is 31.8 Å². The van der Waals surface area contributed by atoms with Crippen molar-refractivity contribution in [3.8, 4) is 5.69 Å². The minimum absolute atomic E-state index is 0.178. The van der Waals surface area contributed by atoms with Gasteiger partial charge in [0.05, 0.1) is 34.1 Å². The molecule has 4 atom stereocenters. The van der Waals surface area contributed by atoms with Crippen LogP contribution in [0.25, 0.3) is 27.4 Å². The van der Waals surface area contributed by atoms with Crippen LogP contribution in [0.4, 0.5) is 5.69 Å². The first kappa shape index (κ1) is 24.2. The van der Waals surface area contributed by atoms with Gasteiger partial charge >= 0.3 is 0 Å². The molecule has 8 rings (SSSR count). The number of fused-ring (bicyclic) bond motifs is 9. The number of carbonyl (C=O) groups is 2. The molecule has 3 aliphatic rings. The fourth-order valence-corrected chi connectivity index (χ4v) is 7.57. The van der Waals surface area contributed by atoms with Gasteiger partial charge in [-0.05, 0) is 42.0 Å². The molecule has 3 aliphatic heterocycles. The van der Waals surface area contributed by atoms with Crippen LogP contribution in [0.5, 0.6) is 0 Å². The van der Waals surface area contributed by atoms with Gasteiger partial charge in [0.1, 0.15) is 11.4 Å². The van der Waals surface area contributed by atoms with Crippen molar-refractivity contribution in [2.24, 2.45) is 17.8 Å². The molecule has 5 aromatic rings. The van der Waals surface area contributed by atoms with Crippen molar-refractivity contribution < 1.29 is 9.59 Å². The van der Waals surface area contributed by atoms with Crippen LogP contribution >= 0.6 is 0 Å². The Hall–Kier alpha value is -4.62. The number of para-hydroxylation sites is 2. The molecule has 0 bridgehead atoms. The molecule has 1 aromatic heterocycles. The summed E-state index contributed by atoms with van der Waals surface area (Å²) in [7, 11) is 0. The number of hydrogen-bond acceptors (Lipinski definition) is 5. The molecular formula is C34H28N4O3. The maximum Gasteiger partial charge on any atom is 0.266 e. The Kier molecular flexibility index (Phi) is 4.98. The second kappa shape index (κ2) is 8.44.